The Labute approximate surface area is 215 Å². The molecule has 1 unspecified atom stereocenters. The van der Waals surface area contributed by atoms with Gasteiger partial charge in [-0.05, 0) is 64.2 Å². The number of carbonyl (C=O) groups is 1. The molecule has 0 bridgehead atoms. The Bertz CT molecular complexity index is 1670. The summed E-state index contributed by atoms with van der Waals surface area (Å²) in [6.45, 7) is 0. The molecule has 184 valence electrons. The summed E-state index contributed by atoms with van der Waals surface area (Å²) in [7, 11) is 0. The molecule has 3 N–H and O–H groups in total. The van der Waals surface area contributed by atoms with Crippen LogP contribution in [0.5, 0.6) is 0 Å². The number of benzene rings is 2. The van der Waals surface area contributed by atoms with E-state index in [2.05, 4.69) is 25.5 Å². The number of pyridine rings is 1. The standard InChI is InChI=1S/C26H21ClN8O2/c27-18-5-7-22(34-14-30-32-33-34)20(12-18)17-10-19-6-8-23(35(19)25(37)11-17)26-29-13-21(31-26)16-3-1-15(2-4-16)9-24(28)36/h1-5,7,10-14,23H,6,8-9H2,(H2,28,36)(H,29,31). The molecular weight excluding hydrogens is 492 g/mol. The van der Waals surface area contributed by atoms with Crippen LogP contribution in [-0.2, 0) is 17.6 Å². The molecule has 1 amide bonds. The molecule has 5 aromatic rings. The van der Waals surface area contributed by atoms with Gasteiger partial charge in [0.05, 0.1) is 30.0 Å². The van der Waals surface area contributed by atoms with E-state index in [9.17, 15) is 9.59 Å². The van der Waals surface area contributed by atoms with Crippen molar-refractivity contribution >= 4 is 17.5 Å². The fraction of sp³-hybridized carbons (Fsp3) is 0.154. The maximum atomic E-state index is 13.4. The Balaban J connectivity index is 1.32. The van der Waals surface area contributed by atoms with Gasteiger partial charge in [-0.2, -0.15) is 4.68 Å². The van der Waals surface area contributed by atoms with Crippen LogP contribution >= 0.6 is 11.6 Å². The van der Waals surface area contributed by atoms with Crippen LogP contribution in [0.2, 0.25) is 5.02 Å². The maximum Gasteiger partial charge on any atom is 0.252 e. The Morgan fingerprint density at radius 3 is 2.70 bits per heavy atom. The van der Waals surface area contributed by atoms with Gasteiger partial charge in [0.25, 0.3) is 5.56 Å². The molecule has 0 saturated heterocycles. The van der Waals surface area contributed by atoms with Crippen molar-refractivity contribution in [2.45, 2.75) is 25.3 Å². The number of H-pyrrole nitrogens is 1. The molecule has 0 aliphatic carbocycles. The molecule has 0 fully saturated rings. The van der Waals surface area contributed by atoms with E-state index in [1.54, 1.807) is 27.6 Å². The number of amides is 1. The summed E-state index contributed by atoms with van der Waals surface area (Å²) in [6, 6.07) is 16.4. The molecule has 2 aromatic carbocycles. The number of hydrogen-bond acceptors (Lipinski definition) is 6. The van der Waals surface area contributed by atoms with E-state index in [0.717, 1.165) is 58.0 Å². The molecule has 11 heteroatoms. The number of primary amides is 1. The van der Waals surface area contributed by atoms with Gasteiger partial charge < -0.3 is 15.3 Å². The van der Waals surface area contributed by atoms with Crippen LogP contribution < -0.4 is 11.3 Å². The fourth-order valence-electron chi connectivity index (χ4n) is 4.88. The van der Waals surface area contributed by atoms with Crippen LogP contribution in [0.3, 0.4) is 0 Å². The van der Waals surface area contributed by atoms with Gasteiger partial charge in [0, 0.05) is 22.3 Å². The monoisotopic (exact) mass is 512 g/mol. The lowest BCUT2D eigenvalue weighted by Gasteiger charge is -2.15. The molecule has 37 heavy (non-hydrogen) atoms. The second kappa shape index (κ2) is 9.14. The first-order chi connectivity index (χ1) is 18.0. The van der Waals surface area contributed by atoms with Crippen LogP contribution in [0.1, 0.15) is 29.5 Å². The second-order valence-corrected chi connectivity index (χ2v) is 9.37. The molecule has 10 nitrogen and oxygen atoms in total. The first-order valence-electron chi connectivity index (χ1n) is 11.7. The molecule has 6 rings (SSSR count). The SMILES string of the molecule is NC(=O)Cc1ccc(-c2cnc(C3CCc4cc(-c5cc(Cl)ccc5-n5cnnn5)cc(=O)n43)[nH]2)cc1. The largest absolute Gasteiger partial charge is 0.369 e. The van der Waals surface area contributed by atoms with E-state index in [1.165, 1.54) is 6.33 Å². The number of nitrogens with zero attached hydrogens (tertiary/aromatic N) is 6. The van der Waals surface area contributed by atoms with Crippen molar-refractivity contribution in [3.63, 3.8) is 0 Å². The number of nitrogens with two attached hydrogens (primary N) is 1. The van der Waals surface area contributed by atoms with Crippen molar-refractivity contribution in [3.05, 3.63) is 99.6 Å². The normalized spacial score (nSPS) is 14.6. The van der Waals surface area contributed by atoms with Gasteiger partial charge in [-0.25, -0.2) is 4.98 Å². The summed E-state index contributed by atoms with van der Waals surface area (Å²) in [5.74, 6) is 0.356. The molecule has 1 atom stereocenters. The Morgan fingerprint density at radius 1 is 1.11 bits per heavy atom. The summed E-state index contributed by atoms with van der Waals surface area (Å²) in [6.07, 6.45) is 4.94. The van der Waals surface area contributed by atoms with Gasteiger partial charge in [-0.3, -0.25) is 9.59 Å². The minimum atomic E-state index is -0.368. The Morgan fingerprint density at radius 2 is 1.95 bits per heavy atom. The average molecular weight is 513 g/mol. The van der Waals surface area contributed by atoms with Crippen LogP contribution in [0.15, 0.2) is 71.9 Å². The predicted molar refractivity (Wildman–Crippen MR) is 137 cm³/mol. The van der Waals surface area contributed by atoms with Gasteiger partial charge >= 0.3 is 0 Å². The summed E-state index contributed by atoms with van der Waals surface area (Å²) in [5.41, 5.74) is 10.9. The Hall–Kier alpha value is -4.57. The first kappa shape index (κ1) is 22.9. The minimum Gasteiger partial charge on any atom is -0.369 e. The number of halogens is 1. The predicted octanol–water partition coefficient (Wildman–Crippen LogP) is 3.10. The van der Waals surface area contributed by atoms with E-state index >= 15 is 0 Å². The number of rotatable bonds is 6. The van der Waals surface area contributed by atoms with Gasteiger partial charge in [0.2, 0.25) is 5.91 Å². The summed E-state index contributed by atoms with van der Waals surface area (Å²) >= 11 is 6.29. The van der Waals surface area contributed by atoms with Gasteiger partial charge in [0.15, 0.2) is 0 Å². The van der Waals surface area contributed by atoms with Gasteiger partial charge in [-0.1, -0.05) is 35.9 Å². The number of hydrogen-bond donors (Lipinski definition) is 2. The third kappa shape index (κ3) is 4.31. The van der Waals surface area contributed by atoms with Crippen LogP contribution in [0.4, 0.5) is 0 Å². The van der Waals surface area contributed by atoms with Crippen molar-refractivity contribution in [1.82, 2.24) is 34.7 Å². The average Bonchev–Trinajstić information content (AvgIpc) is 3.65. The smallest absolute Gasteiger partial charge is 0.252 e. The second-order valence-electron chi connectivity index (χ2n) is 8.94. The van der Waals surface area contributed by atoms with Crippen molar-refractivity contribution in [3.8, 4) is 28.1 Å². The number of imidazole rings is 1. The first-order valence-corrected chi connectivity index (χ1v) is 12.1. The number of carbonyl (C=O) groups excluding carboxylic acids is 1. The maximum absolute atomic E-state index is 13.4. The minimum absolute atomic E-state index is 0.119. The van der Waals surface area contributed by atoms with Crippen LogP contribution in [0, 0.1) is 0 Å². The summed E-state index contributed by atoms with van der Waals surface area (Å²) < 4.78 is 3.34. The quantitative estimate of drug-likeness (QED) is 0.358. The molecule has 0 radical (unpaired) electrons. The zero-order chi connectivity index (χ0) is 25.5. The summed E-state index contributed by atoms with van der Waals surface area (Å²) in [4.78, 5) is 32.5. The lowest BCUT2D eigenvalue weighted by Crippen LogP contribution is -2.23. The zero-order valence-electron chi connectivity index (χ0n) is 19.5. The highest BCUT2D eigenvalue weighted by Gasteiger charge is 2.28. The van der Waals surface area contributed by atoms with E-state index in [4.69, 9.17) is 17.3 Å². The molecule has 1 aliphatic heterocycles. The molecule has 1 aliphatic rings. The third-order valence-corrected chi connectivity index (χ3v) is 6.79. The fourth-order valence-corrected chi connectivity index (χ4v) is 5.05. The number of aryl methyl sites for hydroxylation is 1. The van der Waals surface area contributed by atoms with Crippen LogP contribution in [-0.4, -0.2) is 40.6 Å². The number of aromatic nitrogens is 7. The van der Waals surface area contributed by atoms with E-state index < -0.39 is 0 Å². The third-order valence-electron chi connectivity index (χ3n) is 6.55. The molecule has 0 spiro atoms. The van der Waals surface area contributed by atoms with E-state index in [0.29, 0.717) is 5.02 Å². The highest BCUT2D eigenvalue weighted by molar-refractivity contribution is 6.31. The van der Waals surface area contributed by atoms with Gasteiger partial charge in [0.1, 0.15) is 12.2 Å². The summed E-state index contributed by atoms with van der Waals surface area (Å²) in [5, 5.41) is 12.0. The molecular formula is C26H21ClN8O2. The van der Waals surface area contributed by atoms with Crippen molar-refractivity contribution in [2.75, 3.05) is 0 Å². The lowest BCUT2D eigenvalue weighted by atomic mass is 10.0. The van der Waals surface area contributed by atoms with Gasteiger partial charge in [-0.15, -0.1) is 5.10 Å². The lowest BCUT2D eigenvalue weighted by molar-refractivity contribution is -0.117. The highest BCUT2D eigenvalue weighted by Crippen LogP contribution is 2.34. The Kier molecular flexibility index (Phi) is 5.65. The van der Waals surface area contributed by atoms with Crippen molar-refractivity contribution in [1.29, 1.82) is 0 Å². The number of fused-ring (bicyclic) bond motifs is 1. The molecule has 3 aromatic heterocycles. The van der Waals surface area contributed by atoms with Crippen molar-refractivity contribution in [2.24, 2.45) is 5.73 Å². The van der Waals surface area contributed by atoms with E-state index in [1.807, 2.05) is 42.5 Å². The van der Waals surface area contributed by atoms with Crippen molar-refractivity contribution < 1.29 is 4.79 Å². The molecule has 4 heterocycles. The molecule has 0 saturated carbocycles. The number of nitrogens with one attached hydrogen (secondary N) is 1. The number of tetrazole rings is 1. The number of aromatic amines is 1. The topological polar surface area (TPSA) is 137 Å². The highest BCUT2D eigenvalue weighted by atomic mass is 35.5. The van der Waals surface area contributed by atoms with Crippen LogP contribution in [0.25, 0.3) is 28.1 Å². The zero-order valence-corrected chi connectivity index (χ0v) is 20.3. The van der Waals surface area contributed by atoms with E-state index in [-0.39, 0.29) is 23.9 Å².